The highest BCUT2D eigenvalue weighted by atomic mass is 32.1. The van der Waals surface area contributed by atoms with Crippen LogP contribution in [-0.4, -0.2) is 22.5 Å². The fourth-order valence-corrected chi connectivity index (χ4v) is 2.19. The number of aromatic carboxylic acids is 1. The molecule has 2 heterocycles. The number of nitrogens with one attached hydrogen (secondary N) is 2. The van der Waals surface area contributed by atoms with Crippen LogP contribution in [0, 0.1) is 0 Å². The number of carbonyl (C=O) groups is 2. The van der Waals surface area contributed by atoms with Crippen molar-refractivity contribution in [2.75, 3.05) is 10.6 Å². The number of anilines is 2. The zero-order chi connectivity index (χ0) is 11.2. The zero-order valence-corrected chi connectivity index (χ0v) is 9.07. The number of thiophene rings is 1. The largest absolute Gasteiger partial charge is 0.477 e. The molecule has 1 aromatic rings. The summed E-state index contributed by atoms with van der Waals surface area (Å²) in [4.78, 5) is 22.6. The second-order valence-corrected chi connectivity index (χ2v) is 4.74. The van der Waals surface area contributed by atoms with Gasteiger partial charge in [-0.15, -0.1) is 11.3 Å². The van der Waals surface area contributed by atoms with Crippen molar-refractivity contribution in [3.8, 4) is 0 Å². The molecule has 0 aromatic carbocycles. The molecule has 6 heteroatoms. The number of hydrogen-bond acceptors (Lipinski definition) is 4. The van der Waals surface area contributed by atoms with Gasteiger partial charge in [-0.3, -0.25) is 4.79 Å². The average molecular weight is 226 g/mol. The van der Waals surface area contributed by atoms with Crippen molar-refractivity contribution in [1.29, 1.82) is 0 Å². The number of carbonyl (C=O) groups excluding carboxylic acids is 1. The highest BCUT2D eigenvalue weighted by molar-refractivity contribution is 7.13. The molecular weight excluding hydrogens is 216 g/mol. The van der Waals surface area contributed by atoms with E-state index in [4.69, 9.17) is 5.11 Å². The third kappa shape index (κ3) is 1.46. The van der Waals surface area contributed by atoms with E-state index in [0.717, 1.165) is 11.3 Å². The van der Waals surface area contributed by atoms with Crippen LogP contribution in [0.4, 0.5) is 11.4 Å². The Morgan fingerprint density at radius 1 is 1.53 bits per heavy atom. The molecule has 3 N–H and O–H groups in total. The second-order valence-electron chi connectivity index (χ2n) is 3.86. The van der Waals surface area contributed by atoms with Gasteiger partial charge in [0.05, 0.1) is 11.4 Å². The molecule has 0 saturated carbocycles. The Labute approximate surface area is 90.1 Å². The molecule has 0 bridgehead atoms. The van der Waals surface area contributed by atoms with E-state index in [2.05, 4.69) is 10.6 Å². The normalized spacial score (nSPS) is 17.6. The summed E-state index contributed by atoms with van der Waals surface area (Å²) >= 11 is 1.10. The lowest BCUT2D eigenvalue weighted by Gasteiger charge is -2.31. The van der Waals surface area contributed by atoms with Gasteiger partial charge >= 0.3 is 5.97 Å². The van der Waals surface area contributed by atoms with Gasteiger partial charge in [-0.1, -0.05) is 0 Å². The van der Waals surface area contributed by atoms with Crippen LogP contribution in [0.5, 0.6) is 0 Å². The summed E-state index contributed by atoms with van der Waals surface area (Å²) < 4.78 is 0. The van der Waals surface area contributed by atoms with E-state index in [1.807, 2.05) is 0 Å². The third-order valence-corrected chi connectivity index (χ3v) is 3.21. The van der Waals surface area contributed by atoms with Crippen LogP contribution < -0.4 is 10.6 Å². The quantitative estimate of drug-likeness (QED) is 0.679. The maximum atomic E-state index is 11.6. The Kier molecular flexibility index (Phi) is 1.97. The molecule has 2 rings (SSSR count). The first kappa shape index (κ1) is 9.97. The maximum Gasteiger partial charge on any atom is 0.348 e. The van der Waals surface area contributed by atoms with Crippen LogP contribution in [0.1, 0.15) is 23.5 Å². The smallest absolute Gasteiger partial charge is 0.348 e. The first-order chi connectivity index (χ1) is 6.92. The van der Waals surface area contributed by atoms with Gasteiger partial charge in [0.1, 0.15) is 10.4 Å². The third-order valence-electron chi connectivity index (χ3n) is 2.24. The minimum atomic E-state index is -1.02. The van der Waals surface area contributed by atoms with Gasteiger partial charge in [-0.05, 0) is 13.8 Å². The predicted octanol–water partition coefficient (Wildman–Crippen LogP) is 1.59. The summed E-state index contributed by atoms with van der Waals surface area (Å²) in [6, 6.07) is 0. The lowest BCUT2D eigenvalue weighted by Crippen LogP contribution is -2.47. The number of carboxylic acid groups (broad SMARTS) is 1. The molecule has 1 aliphatic heterocycles. The Morgan fingerprint density at radius 2 is 2.20 bits per heavy atom. The highest BCUT2D eigenvalue weighted by Gasteiger charge is 2.35. The molecule has 5 nitrogen and oxygen atoms in total. The summed E-state index contributed by atoms with van der Waals surface area (Å²) in [5.41, 5.74) is 0.336. The van der Waals surface area contributed by atoms with Crippen molar-refractivity contribution >= 4 is 34.6 Å². The molecule has 0 aliphatic carbocycles. The molecule has 1 amide bonds. The second kappa shape index (κ2) is 2.96. The molecule has 1 aliphatic rings. The monoisotopic (exact) mass is 226 g/mol. The van der Waals surface area contributed by atoms with Crippen LogP contribution in [0.25, 0.3) is 0 Å². The summed E-state index contributed by atoms with van der Waals surface area (Å²) in [5.74, 6) is -1.25. The molecule has 15 heavy (non-hydrogen) atoms. The zero-order valence-electron chi connectivity index (χ0n) is 8.25. The summed E-state index contributed by atoms with van der Waals surface area (Å²) in [7, 11) is 0. The SMILES string of the molecule is CC1(C)Nc2csc(C(=O)O)c2NC1=O. The number of hydrogen-bond donors (Lipinski definition) is 3. The van der Waals surface area contributed by atoms with Gasteiger partial charge in [0, 0.05) is 5.38 Å². The molecule has 0 atom stereocenters. The molecule has 0 fully saturated rings. The van der Waals surface area contributed by atoms with Crippen molar-refractivity contribution in [3.63, 3.8) is 0 Å². The van der Waals surface area contributed by atoms with Gasteiger partial charge < -0.3 is 15.7 Å². The summed E-state index contributed by atoms with van der Waals surface area (Å²) in [6.45, 7) is 3.48. The van der Waals surface area contributed by atoms with Gasteiger partial charge in [-0.2, -0.15) is 0 Å². The van der Waals surface area contributed by atoms with Crippen LogP contribution >= 0.6 is 11.3 Å². The lowest BCUT2D eigenvalue weighted by atomic mass is 10.0. The Bertz CT molecular complexity index is 450. The van der Waals surface area contributed by atoms with Crippen molar-refractivity contribution in [2.24, 2.45) is 0 Å². The summed E-state index contributed by atoms with van der Waals surface area (Å²) in [6.07, 6.45) is 0. The van der Waals surface area contributed by atoms with E-state index in [1.165, 1.54) is 0 Å². The van der Waals surface area contributed by atoms with Crippen LogP contribution in [0.2, 0.25) is 0 Å². The fourth-order valence-electron chi connectivity index (χ4n) is 1.39. The van der Waals surface area contributed by atoms with Gasteiger partial charge in [0.2, 0.25) is 5.91 Å². The summed E-state index contributed by atoms with van der Waals surface area (Å²) in [5, 5.41) is 16.2. The molecule has 0 saturated heterocycles. The highest BCUT2D eigenvalue weighted by Crippen LogP contribution is 2.38. The molecule has 0 radical (unpaired) electrons. The Hall–Kier alpha value is -1.56. The van der Waals surface area contributed by atoms with E-state index in [1.54, 1.807) is 19.2 Å². The number of amides is 1. The first-order valence-electron chi connectivity index (χ1n) is 4.36. The standard InChI is InChI=1S/C9H10N2O3S/c1-9(2)8(14)10-5-4(11-9)3-15-6(5)7(12)13/h3,11H,1-2H3,(H,10,14)(H,12,13). The molecule has 1 aromatic heterocycles. The Balaban J connectivity index is 2.48. The van der Waals surface area contributed by atoms with Crippen LogP contribution in [-0.2, 0) is 4.79 Å². The van der Waals surface area contributed by atoms with Crippen LogP contribution in [0.15, 0.2) is 5.38 Å². The van der Waals surface area contributed by atoms with Crippen molar-refractivity contribution in [2.45, 2.75) is 19.4 Å². The topological polar surface area (TPSA) is 78.4 Å². The Morgan fingerprint density at radius 3 is 2.80 bits per heavy atom. The number of fused-ring (bicyclic) bond motifs is 1. The van der Waals surface area contributed by atoms with Gasteiger partial charge in [-0.25, -0.2) is 4.79 Å². The van der Waals surface area contributed by atoms with E-state index in [0.29, 0.717) is 11.4 Å². The van der Waals surface area contributed by atoms with Crippen molar-refractivity contribution < 1.29 is 14.7 Å². The average Bonchev–Trinajstić information content (AvgIpc) is 2.47. The van der Waals surface area contributed by atoms with E-state index in [9.17, 15) is 9.59 Å². The fraction of sp³-hybridized carbons (Fsp3) is 0.333. The minimum absolute atomic E-state index is 0.154. The molecule has 0 spiro atoms. The van der Waals surface area contributed by atoms with Crippen molar-refractivity contribution in [1.82, 2.24) is 0 Å². The minimum Gasteiger partial charge on any atom is -0.477 e. The van der Waals surface area contributed by atoms with Gasteiger partial charge in [0.15, 0.2) is 0 Å². The number of rotatable bonds is 1. The van der Waals surface area contributed by atoms with Crippen molar-refractivity contribution in [3.05, 3.63) is 10.3 Å². The molecule has 80 valence electrons. The van der Waals surface area contributed by atoms with Gasteiger partial charge in [0.25, 0.3) is 0 Å². The van der Waals surface area contributed by atoms with E-state index in [-0.39, 0.29) is 10.8 Å². The molecule has 0 unspecified atom stereocenters. The predicted molar refractivity (Wildman–Crippen MR) is 57.6 cm³/mol. The molecular formula is C9H10N2O3S. The van der Waals surface area contributed by atoms with Crippen LogP contribution in [0.3, 0.4) is 0 Å². The van der Waals surface area contributed by atoms with E-state index < -0.39 is 11.5 Å². The van der Waals surface area contributed by atoms with E-state index >= 15 is 0 Å². The number of carboxylic acids is 1. The maximum absolute atomic E-state index is 11.6. The first-order valence-corrected chi connectivity index (χ1v) is 5.24. The lowest BCUT2D eigenvalue weighted by molar-refractivity contribution is -0.119.